The first-order valence-corrected chi connectivity index (χ1v) is 5.55. The molecule has 0 radical (unpaired) electrons. The predicted molar refractivity (Wildman–Crippen MR) is 69.2 cm³/mol. The molecule has 0 unspecified atom stereocenters. The Morgan fingerprint density at radius 3 is 2.53 bits per heavy atom. The molecule has 1 aromatic carbocycles. The molecule has 2 aromatic rings. The largest absolute Gasteiger partial charge is 0.490 e. The van der Waals surface area contributed by atoms with Crippen LogP contribution in [0.2, 0.25) is 5.15 Å². The van der Waals surface area contributed by atoms with Gasteiger partial charge in [0.15, 0.2) is 0 Å². The van der Waals surface area contributed by atoms with Crippen molar-refractivity contribution in [3.05, 3.63) is 47.2 Å². The number of pyridine rings is 1. The molecule has 2 N–H and O–H groups in total. The molecule has 0 amide bonds. The van der Waals surface area contributed by atoms with E-state index in [0.29, 0.717) is 16.2 Å². The van der Waals surface area contributed by atoms with Gasteiger partial charge in [-0.25, -0.2) is 4.98 Å². The Labute approximate surface area is 105 Å². The van der Waals surface area contributed by atoms with E-state index in [1.165, 1.54) is 6.20 Å². The Bertz CT molecular complexity index is 546. The van der Waals surface area contributed by atoms with Gasteiger partial charge < -0.3 is 10.0 Å². The fourth-order valence-electron chi connectivity index (χ4n) is 1.67. The van der Waals surface area contributed by atoms with Crippen LogP contribution in [0.3, 0.4) is 0 Å². The van der Waals surface area contributed by atoms with Crippen molar-refractivity contribution in [3.8, 4) is 11.1 Å². The summed E-state index contributed by atoms with van der Waals surface area (Å²) in [7, 11) is -1.54. The number of nitrogens with zero attached hydrogens (tertiary/aromatic N) is 1. The average Bonchev–Trinajstić information content (AvgIpc) is 2.30. The summed E-state index contributed by atoms with van der Waals surface area (Å²) in [5.74, 6) is 0. The van der Waals surface area contributed by atoms with Gasteiger partial charge in [-0.3, -0.25) is 0 Å². The molecular weight excluding hydrogens is 236 g/mol. The number of aryl methyl sites for hydroxylation is 1. The van der Waals surface area contributed by atoms with Crippen LogP contribution in [0.1, 0.15) is 5.56 Å². The first-order valence-electron chi connectivity index (χ1n) is 5.17. The molecule has 17 heavy (non-hydrogen) atoms. The molecule has 2 rings (SSSR count). The van der Waals surface area contributed by atoms with Gasteiger partial charge in [-0.1, -0.05) is 35.9 Å². The Balaban J connectivity index is 2.59. The molecule has 86 valence electrons. The lowest BCUT2D eigenvalue weighted by Crippen LogP contribution is -2.30. The molecule has 0 aliphatic carbocycles. The molecule has 0 aliphatic heterocycles. The zero-order valence-electron chi connectivity index (χ0n) is 9.26. The normalized spacial score (nSPS) is 10.4. The van der Waals surface area contributed by atoms with Crippen molar-refractivity contribution in [1.82, 2.24) is 4.98 Å². The van der Waals surface area contributed by atoms with Crippen LogP contribution in [0.15, 0.2) is 36.5 Å². The van der Waals surface area contributed by atoms with Gasteiger partial charge in [0.2, 0.25) is 0 Å². The summed E-state index contributed by atoms with van der Waals surface area (Å²) in [4.78, 5) is 3.96. The van der Waals surface area contributed by atoms with Crippen LogP contribution in [0.25, 0.3) is 11.1 Å². The van der Waals surface area contributed by atoms with E-state index in [1.54, 1.807) is 6.07 Å². The summed E-state index contributed by atoms with van der Waals surface area (Å²) in [5, 5.41) is 18.6. The Kier molecular flexibility index (Phi) is 3.47. The van der Waals surface area contributed by atoms with E-state index in [-0.39, 0.29) is 0 Å². The summed E-state index contributed by atoms with van der Waals surface area (Å²) in [6.07, 6.45) is 1.36. The van der Waals surface area contributed by atoms with Crippen LogP contribution in [0, 0.1) is 6.92 Å². The lowest BCUT2D eigenvalue weighted by Gasteiger charge is -2.09. The third-order valence-electron chi connectivity index (χ3n) is 2.59. The minimum atomic E-state index is -1.54. The summed E-state index contributed by atoms with van der Waals surface area (Å²) < 4.78 is 0. The average molecular weight is 247 g/mol. The van der Waals surface area contributed by atoms with Crippen LogP contribution in [-0.4, -0.2) is 22.2 Å². The number of hydrogen-bond donors (Lipinski definition) is 2. The number of benzene rings is 1. The third kappa shape index (κ3) is 2.49. The van der Waals surface area contributed by atoms with E-state index in [4.69, 9.17) is 21.6 Å². The van der Waals surface area contributed by atoms with Crippen LogP contribution in [0.5, 0.6) is 0 Å². The molecule has 1 aromatic heterocycles. The van der Waals surface area contributed by atoms with Gasteiger partial charge in [-0.2, -0.15) is 0 Å². The minimum absolute atomic E-state index is 0.327. The van der Waals surface area contributed by atoms with Crippen molar-refractivity contribution >= 4 is 24.2 Å². The highest BCUT2D eigenvalue weighted by Gasteiger charge is 2.15. The molecule has 0 atom stereocenters. The van der Waals surface area contributed by atoms with Crippen molar-refractivity contribution in [2.45, 2.75) is 6.92 Å². The van der Waals surface area contributed by atoms with Crippen LogP contribution >= 0.6 is 11.6 Å². The van der Waals surface area contributed by atoms with E-state index >= 15 is 0 Å². The van der Waals surface area contributed by atoms with Gasteiger partial charge in [0.25, 0.3) is 0 Å². The monoisotopic (exact) mass is 247 g/mol. The highest BCUT2D eigenvalue weighted by molar-refractivity contribution is 6.58. The highest BCUT2D eigenvalue weighted by atomic mass is 35.5. The van der Waals surface area contributed by atoms with Crippen LogP contribution in [-0.2, 0) is 0 Å². The lowest BCUT2D eigenvalue weighted by atomic mass is 9.80. The van der Waals surface area contributed by atoms with Gasteiger partial charge in [0, 0.05) is 17.2 Å². The van der Waals surface area contributed by atoms with E-state index < -0.39 is 7.12 Å². The maximum absolute atomic E-state index is 9.13. The first-order chi connectivity index (χ1) is 8.09. The number of halogens is 1. The summed E-state index contributed by atoms with van der Waals surface area (Å²) >= 11 is 6.03. The van der Waals surface area contributed by atoms with Crippen molar-refractivity contribution < 1.29 is 10.0 Å². The molecule has 0 spiro atoms. The van der Waals surface area contributed by atoms with Crippen molar-refractivity contribution in [3.63, 3.8) is 0 Å². The smallest absolute Gasteiger partial charge is 0.423 e. The fourth-order valence-corrected chi connectivity index (χ4v) is 1.87. The molecule has 0 bridgehead atoms. The Hall–Kier alpha value is -1.36. The highest BCUT2D eigenvalue weighted by Crippen LogP contribution is 2.27. The fraction of sp³-hybridized carbons (Fsp3) is 0.0833. The van der Waals surface area contributed by atoms with Gasteiger partial charge in [-0.15, -0.1) is 0 Å². The second-order valence-corrected chi connectivity index (χ2v) is 4.15. The van der Waals surface area contributed by atoms with Crippen molar-refractivity contribution in [1.29, 1.82) is 0 Å². The molecule has 0 saturated heterocycles. The summed E-state index contributed by atoms with van der Waals surface area (Å²) in [5.41, 5.74) is 3.02. The topological polar surface area (TPSA) is 53.4 Å². The predicted octanol–water partition coefficient (Wildman–Crippen LogP) is 1.39. The summed E-state index contributed by atoms with van der Waals surface area (Å²) in [6, 6.07) is 9.37. The number of hydrogen-bond acceptors (Lipinski definition) is 3. The molecule has 3 nitrogen and oxygen atoms in total. The standard InChI is InChI=1S/C12H11BClNO2/c1-8-4-2-3-5-10(8)11-6-9(13(16)17)7-15-12(11)14/h2-7,16-17H,1H3. The van der Waals surface area contributed by atoms with Gasteiger partial charge in [0.1, 0.15) is 5.15 Å². The maximum Gasteiger partial charge on any atom is 0.490 e. The second-order valence-electron chi connectivity index (χ2n) is 3.80. The van der Waals surface area contributed by atoms with Crippen molar-refractivity contribution in [2.75, 3.05) is 0 Å². The second kappa shape index (κ2) is 4.88. The number of aromatic nitrogens is 1. The van der Waals surface area contributed by atoms with Crippen LogP contribution < -0.4 is 5.46 Å². The maximum atomic E-state index is 9.13. The molecule has 0 fully saturated rings. The Morgan fingerprint density at radius 2 is 1.88 bits per heavy atom. The molecule has 5 heteroatoms. The first kappa shape index (κ1) is 12.1. The minimum Gasteiger partial charge on any atom is -0.423 e. The van der Waals surface area contributed by atoms with E-state index in [9.17, 15) is 0 Å². The van der Waals surface area contributed by atoms with E-state index in [0.717, 1.165) is 11.1 Å². The van der Waals surface area contributed by atoms with Crippen LogP contribution in [0.4, 0.5) is 0 Å². The molecular formula is C12H11BClNO2. The summed E-state index contributed by atoms with van der Waals surface area (Å²) in [6.45, 7) is 1.97. The Morgan fingerprint density at radius 1 is 1.18 bits per heavy atom. The van der Waals surface area contributed by atoms with E-state index in [1.807, 2.05) is 31.2 Å². The quantitative estimate of drug-likeness (QED) is 0.623. The SMILES string of the molecule is Cc1ccccc1-c1cc(B(O)O)cnc1Cl. The van der Waals surface area contributed by atoms with Gasteiger partial charge >= 0.3 is 7.12 Å². The lowest BCUT2D eigenvalue weighted by molar-refractivity contribution is 0.425. The molecule has 0 aliphatic rings. The molecule has 0 saturated carbocycles. The zero-order chi connectivity index (χ0) is 12.4. The van der Waals surface area contributed by atoms with Gasteiger partial charge in [-0.05, 0) is 24.1 Å². The number of rotatable bonds is 2. The van der Waals surface area contributed by atoms with Gasteiger partial charge in [0.05, 0.1) is 0 Å². The molecule has 1 heterocycles. The van der Waals surface area contributed by atoms with Crippen molar-refractivity contribution in [2.24, 2.45) is 0 Å². The third-order valence-corrected chi connectivity index (χ3v) is 2.89. The zero-order valence-corrected chi connectivity index (χ0v) is 10.0. The van der Waals surface area contributed by atoms with E-state index in [2.05, 4.69) is 4.98 Å².